The fourth-order valence-electron chi connectivity index (χ4n) is 3.89. The molecule has 0 atom stereocenters. The van der Waals surface area contributed by atoms with Gasteiger partial charge in [-0.2, -0.15) is 0 Å². The van der Waals surface area contributed by atoms with E-state index in [9.17, 15) is 14.3 Å². The van der Waals surface area contributed by atoms with Crippen LogP contribution in [-0.2, 0) is 11.3 Å². The number of carbonyl (C=O) groups excluding carboxylic acids is 1. The lowest BCUT2D eigenvalue weighted by molar-refractivity contribution is -0.136. The fourth-order valence-corrected chi connectivity index (χ4v) is 3.89. The van der Waals surface area contributed by atoms with Crippen molar-refractivity contribution in [3.8, 4) is 0 Å². The van der Waals surface area contributed by atoms with Crippen molar-refractivity contribution in [1.29, 1.82) is 0 Å². The average Bonchev–Trinajstić information content (AvgIpc) is 3.59. The summed E-state index contributed by atoms with van der Waals surface area (Å²) in [6, 6.07) is 6.66. The van der Waals surface area contributed by atoms with Crippen LogP contribution in [0.4, 0.5) is 4.39 Å². The van der Waals surface area contributed by atoms with Crippen LogP contribution in [0.3, 0.4) is 0 Å². The molecule has 3 rings (SSSR count). The van der Waals surface area contributed by atoms with Crippen molar-refractivity contribution in [2.24, 2.45) is 0 Å². The molecule has 1 N–H and O–H groups in total. The van der Waals surface area contributed by atoms with Gasteiger partial charge >= 0.3 is 0 Å². The molecule has 2 fully saturated rings. The van der Waals surface area contributed by atoms with E-state index in [0.29, 0.717) is 6.54 Å². The highest BCUT2D eigenvalue weighted by Crippen LogP contribution is 2.35. The minimum atomic E-state index is -0.265. The highest BCUT2D eigenvalue weighted by molar-refractivity contribution is 5.79. The summed E-state index contributed by atoms with van der Waals surface area (Å²) in [5.41, 5.74) is 4.36. The summed E-state index contributed by atoms with van der Waals surface area (Å²) in [6.07, 6.45) is 13.4. The van der Waals surface area contributed by atoms with Crippen molar-refractivity contribution in [2.75, 3.05) is 6.54 Å². The third-order valence-electron chi connectivity index (χ3n) is 6.26. The van der Waals surface area contributed by atoms with E-state index >= 15 is 0 Å². The normalized spacial score (nSPS) is 16.8. The predicted molar refractivity (Wildman–Crippen MR) is 127 cm³/mol. The van der Waals surface area contributed by atoms with E-state index in [-0.39, 0.29) is 30.1 Å². The molecule has 0 aromatic heterocycles. The molecule has 0 spiro atoms. The van der Waals surface area contributed by atoms with Crippen molar-refractivity contribution in [2.45, 2.75) is 71.9 Å². The second-order valence-electron chi connectivity index (χ2n) is 8.59. The molecule has 32 heavy (non-hydrogen) atoms. The van der Waals surface area contributed by atoms with Gasteiger partial charge in [-0.3, -0.25) is 4.79 Å². The van der Waals surface area contributed by atoms with Gasteiger partial charge in [0.15, 0.2) is 0 Å². The Morgan fingerprint density at radius 2 is 1.88 bits per heavy atom. The topological polar surface area (TPSA) is 43.8 Å². The summed E-state index contributed by atoms with van der Waals surface area (Å²) in [4.78, 5) is 17.6. The summed E-state index contributed by atoms with van der Waals surface area (Å²) in [6.45, 7) is 6.68. The summed E-state index contributed by atoms with van der Waals surface area (Å²) in [5, 5.41) is 9.90. The van der Waals surface area contributed by atoms with Crippen molar-refractivity contribution >= 4 is 5.91 Å². The number of hydrogen-bond donors (Lipinski definition) is 1. The van der Waals surface area contributed by atoms with Gasteiger partial charge in [0.05, 0.1) is 0 Å². The monoisotopic (exact) mass is 438 g/mol. The number of rotatable bonds is 10. The van der Waals surface area contributed by atoms with Crippen LogP contribution >= 0.6 is 0 Å². The third kappa shape index (κ3) is 6.35. The number of aliphatic hydroxyl groups excluding tert-OH is 1. The number of halogens is 1. The molecule has 1 aromatic carbocycles. The Morgan fingerprint density at radius 3 is 2.41 bits per heavy atom. The number of amides is 1. The lowest BCUT2D eigenvalue weighted by Gasteiger charge is -2.39. The molecule has 0 saturated heterocycles. The number of allylic oxidation sites excluding steroid dienone is 6. The first-order chi connectivity index (χ1) is 15.4. The molecule has 0 heterocycles. The largest absolute Gasteiger partial charge is 0.508 e. The van der Waals surface area contributed by atoms with Gasteiger partial charge in [-0.1, -0.05) is 30.7 Å². The Labute approximate surface area is 191 Å². The number of nitrogens with zero attached hydrogens (tertiary/aromatic N) is 2. The van der Waals surface area contributed by atoms with Crippen LogP contribution in [-0.4, -0.2) is 33.4 Å². The molecule has 2 saturated carbocycles. The Bertz CT molecular complexity index is 917. The Kier molecular flexibility index (Phi) is 8.32. The Hall–Kier alpha value is -2.82. The second-order valence-corrected chi connectivity index (χ2v) is 8.59. The van der Waals surface area contributed by atoms with Gasteiger partial charge in [-0.25, -0.2) is 4.39 Å². The maximum absolute atomic E-state index is 13.6. The number of hydrogen-bond acceptors (Lipinski definition) is 3. The summed E-state index contributed by atoms with van der Waals surface area (Å²) < 4.78 is 13.4. The van der Waals surface area contributed by atoms with E-state index in [2.05, 4.69) is 24.8 Å². The van der Waals surface area contributed by atoms with Crippen LogP contribution in [0, 0.1) is 5.82 Å². The van der Waals surface area contributed by atoms with E-state index in [0.717, 1.165) is 55.5 Å². The molecule has 0 aliphatic heterocycles. The van der Waals surface area contributed by atoms with Crippen molar-refractivity contribution in [3.63, 3.8) is 0 Å². The van der Waals surface area contributed by atoms with E-state index in [4.69, 9.17) is 0 Å². The van der Waals surface area contributed by atoms with E-state index in [1.54, 1.807) is 31.2 Å². The van der Waals surface area contributed by atoms with Crippen LogP contribution < -0.4 is 0 Å². The first-order valence-corrected chi connectivity index (χ1v) is 11.7. The Morgan fingerprint density at radius 1 is 1.19 bits per heavy atom. The second kappa shape index (κ2) is 11.2. The van der Waals surface area contributed by atoms with Gasteiger partial charge in [-0.15, -0.1) is 0 Å². The lowest BCUT2D eigenvalue weighted by Crippen LogP contribution is -2.47. The van der Waals surface area contributed by atoms with Gasteiger partial charge in [-0.05, 0) is 88.3 Å². The standard InChI is InChI=1S/C27H35FN2O2/c1-4-7-24(16-17-26(31)5-2)29(20(3)22-12-13-22)19-27(32)30(25-8-6-9-25)18-21-10-14-23(28)15-11-21/h5,7,10-11,14-17,25,31H,4,6,8-9,12-13,18-19H2,1-3H3/b17-16-,24-7-,26-5+. The molecule has 2 aliphatic carbocycles. The van der Waals surface area contributed by atoms with Crippen LogP contribution in [0.5, 0.6) is 0 Å². The van der Waals surface area contributed by atoms with E-state index in [1.807, 2.05) is 11.0 Å². The zero-order chi connectivity index (χ0) is 23.1. The number of aliphatic hydroxyl groups is 1. The van der Waals surface area contributed by atoms with Crippen LogP contribution in [0.2, 0.25) is 0 Å². The minimum absolute atomic E-state index is 0.0743. The zero-order valence-electron chi connectivity index (χ0n) is 19.5. The van der Waals surface area contributed by atoms with Crippen LogP contribution in [0.25, 0.3) is 0 Å². The fraction of sp³-hybridized carbons (Fsp3) is 0.444. The highest BCUT2D eigenvalue weighted by atomic mass is 19.1. The Balaban J connectivity index is 1.85. The lowest BCUT2D eigenvalue weighted by atomic mass is 9.91. The van der Waals surface area contributed by atoms with Crippen molar-refractivity contribution < 1.29 is 14.3 Å². The van der Waals surface area contributed by atoms with Gasteiger partial charge in [0, 0.05) is 24.0 Å². The van der Waals surface area contributed by atoms with Gasteiger partial charge in [0.25, 0.3) is 0 Å². The molecule has 172 valence electrons. The zero-order valence-corrected chi connectivity index (χ0v) is 19.5. The van der Waals surface area contributed by atoms with Crippen LogP contribution in [0.1, 0.15) is 64.9 Å². The summed E-state index contributed by atoms with van der Waals surface area (Å²) in [7, 11) is 0. The first kappa shape index (κ1) is 23.8. The maximum atomic E-state index is 13.6. The smallest absolute Gasteiger partial charge is 0.243 e. The van der Waals surface area contributed by atoms with Gasteiger partial charge < -0.3 is 14.9 Å². The molecule has 0 radical (unpaired) electrons. The molecular formula is C27H35FN2O2. The van der Waals surface area contributed by atoms with E-state index < -0.39 is 0 Å². The van der Waals surface area contributed by atoms with Crippen LogP contribution in [0.15, 0.2) is 71.3 Å². The molecule has 4 nitrogen and oxygen atoms in total. The van der Waals surface area contributed by atoms with Gasteiger partial charge in [0.1, 0.15) is 18.1 Å². The van der Waals surface area contributed by atoms with E-state index in [1.165, 1.54) is 17.7 Å². The highest BCUT2D eigenvalue weighted by Gasteiger charge is 2.31. The maximum Gasteiger partial charge on any atom is 0.243 e. The first-order valence-electron chi connectivity index (χ1n) is 11.7. The summed E-state index contributed by atoms with van der Waals surface area (Å²) >= 11 is 0. The molecule has 0 unspecified atom stereocenters. The predicted octanol–water partition coefficient (Wildman–Crippen LogP) is 6.39. The van der Waals surface area contributed by atoms with Crippen molar-refractivity contribution in [1.82, 2.24) is 9.80 Å². The van der Waals surface area contributed by atoms with Crippen molar-refractivity contribution in [3.05, 3.63) is 82.7 Å². The number of carbonyl (C=O) groups is 1. The average molecular weight is 439 g/mol. The SMILES string of the molecule is C\C=C(O)/C=C\C(=C\CC)N(CC(=O)N(Cc1ccc(F)cc1)C1CCC1)C(C)=C1CC1. The molecule has 1 amide bonds. The molecular weight excluding hydrogens is 403 g/mol. The third-order valence-corrected chi connectivity index (χ3v) is 6.26. The van der Waals surface area contributed by atoms with Gasteiger partial charge in [0.2, 0.25) is 5.91 Å². The molecule has 2 aliphatic rings. The molecule has 1 aromatic rings. The quantitative estimate of drug-likeness (QED) is 0.340. The molecule has 5 heteroatoms. The number of benzene rings is 1. The summed E-state index contributed by atoms with van der Waals surface area (Å²) in [5.74, 6) is 0.00587. The molecule has 0 bridgehead atoms. The minimum Gasteiger partial charge on any atom is -0.508 e.